The van der Waals surface area contributed by atoms with E-state index in [1.54, 1.807) is 24.3 Å². The highest BCUT2D eigenvalue weighted by Gasteiger charge is 2.05. The van der Waals surface area contributed by atoms with E-state index in [9.17, 15) is 19.8 Å². The van der Waals surface area contributed by atoms with Crippen molar-refractivity contribution in [3.8, 4) is 11.5 Å². The van der Waals surface area contributed by atoms with Gasteiger partial charge in [-0.3, -0.25) is 19.8 Å². The van der Waals surface area contributed by atoms with E-state index >= 15 is 0 Å². The summed E-state index contributed by atoms with van der Waals surface area (Å²) >= 11 is 0. The molecule has 0 unspecified atom stereocenters. The Hall–Kier alpha value is -3.45. The van der Waals surface area contributed by atoms with Gasteiger partial charge in [-0.25, -0.2) is 5.48 Å². The molecule has 128 valence electrons. The molecule has 0 aliphatic heterocycles. The van der Waals surface area contributed by atoms with Gasteiger partial charge in [0.1, 0.15) is 18.0 Å². The van der Waals surface area contributed by atoms with E-state index in [4.69, 9.17) is 5.21 Å². The Morgan fingerprint density at radius 2 is 1.80 bits per heavy atom. The second-order valence-corrected chi connectivity index (χ2v) is 5.07. The van der Waals surface area contributed by atoms with Gasteiger partial charge in [-0.2, -0.15) is 0 Å². The van der Waals surface area contributed by atoms with Crippen LogP contribution in [0.4, 0.5) is 0 Å². The number of hydrogen-bond acceptors (Lipinski definition) is 6. The van der Waals surface area contributed by atoms with Crippen LogP contribution in [0.5, 0.6) is 11.5 Å². The third-order valence-corrected chi connectivity index (χ3v) is 3.25. The van der Waals surface area contributed by atoms with Crippen molar-refractivity contribution >= 4 is 24.0 Å². The van der Waals surface area contributed by atoms with E-state index in [-0.39, 0.29) is 23.8 Å². The van der Waals surface area contributed by atoms with Crippen molar-refractivity contribution in [1.82, 2.24) is 5.48 Å². The number of nitrogens with zero attached hydrogens (tertiary/aromatic N) is 1. The van der Waals surface area contributed by atoms with Crippen molar-refractivity contribution in [2.75, 3.05) is 6.54 Å². The lowest BCUT2D eigenvalue weighted by Crippen LogP contribution is -2.14. The third kappa shape index (κ3) is 5.29. The second kappa shape index (κ2) is 8.42. The first-order chi connectivity index (χ1) is 12.0. The van der Waals surface area contributed by atoms with Crippen LogP contribution in [0.25, 0.3) is 6.08 Å². The number of rotatable bonds is 6. The molecule has 1 amide bonds. The number of hydroxylamine groups is 1. The average Bonchev–Trinajstić information content (AvgIpc) is 2.61. The number of carbonyl (C=O) groups is 2. The number of phenolic OH excluding ortho intramolecular Hbond substituents is 2. The molecule has 2 rings (SSSR count). The number of nitrogens with one attached hydrogen (secondary N) is 1. The number of amides is 1. The van der Waals surface area contributed by atoms with Gasteiger partial charge < -0.3 is 10.2 Å². The lowest BCUT2D eigenvalue weighted by molar-refractivity contribution is -0.124. The average molecular weight is 340 g/mol. The largest absolute Gasteiger partial charge is 0.508 e. The van der Waals surface area contributed by atoms with Crippen LogP contribution in [0.2, 0.25) is 0 Å². The quantitative estimate of drug-likeness (QED) is 0.211. The molecular weight excluding hydrogens is 324 g/mol. The molecule has 2 aromatic rings. The van der Waals surface area contributed by atoms with Crippen LogP contribution in [0, 0.1) is 0 Å². The SMILES string of the molecule is O=C(/C=C/c1ccc(C(=O)CN=Cc2ccc(O)cc2O)cc1)NO. The molecule has 0 aromatic heterocycles. The summed E-state index contributed by atoms with van der Waals surface area (Å²) < 4.78 is 0. The summed E-state index contributed by atoms with van der Waals surface area (Å²) in [6.07, 6.45) is 4.01. The van der Waals surface area contributed by atoms with Gasteiger partial charge in [0.2, 0.25) is 0 Å². The van der Waals surface area contributed by atoms with Gasteiger partial charge in [-0.1, -0.05) is 24.3 Å². The zero-order valence-electron chi connectivity index (χ0n) is 13.1. The minimum Gasteiger partial charge on any atom is -0.508 e. The zero-order chi connectivity index (χ0) is 18.2. The van der Waals surface area contributed by atoms with Crippen molar-refractivity contribution in [2.45, 2.75) is 0 Å². The predicted molar refractivity (Wildman–Crippen MR) is 92.0 cm³/mol. The zero-order valence-corrected chi connectivity index (χ0v) is 13.1. The van der Waals surface area contributed by atoms with Gasteiger partial charge in [0.15, 0.2) is 5.78 Å². The molecule has 25 heavy (non-hydrogen) atoms. The number of phenols is 2. The first kappa shape index (κ1) is 17.9. The van der Waals surface area contributed by atoms with Crippen molar-refractivity contribution in [3.05, 3.63) is 65.2 Å². The minimum absolute atomic E-state index is 0.0589. The van der Waals surface area contributed by atoms with Crippen molar-refractivity contribution in [2.24, 2.45) is 4.99 Å². The molecule has 0 aliphatic carbocycles. The summed E-state index contributed by atoms with van der Waals surface area (Å²) in [5.41, 5.74) is 3.02. The van der Waals surface area contributed by atoms with Crippen molar-refractivity contribution in [3.63, 3.8) is 0 Å². The molecule has 0 spiro atoms. The topological polar surface area (TPSA) is 119 Å². The fourth-order valence-corrected chi connectivity index (χ4v) is 1.95. The number of benzene rings is 2. The summed E-state index contributed by atoms with van der Waals surface area (Å²) in [4.78, 5) is 26.9. The van der Waals surface area contributed by atoms with E-state index in [0.29, 0.717) is 16.7 Å². The lowest BCUT2D eigenvalue weighted by Gasteiger charge is -2.00. The Labute approximate surface area is 143 Å². The number of carbonyl (C=O) groups excluding carboxylic acids is 2. The maximum absolute atomic E-state index is 12.1. The lowest BCUT2D eigenvalue weighted by atomic mass is 10.1. The Morgan fingerprint density at radius 1 is 1.08 bits per heavy atom. The first-order valence-corrected chi connectivity index (χ1v) is 7.27. The highest BCUT2D eigenvalue weighted by molar-refractivity contribution is 5.99. The van der Waals surface area contributed by atoms with Crippen LogP contribution in [-0.2, 0) is 4.79 Å². The van der Waals surface area contributed by atoms with Gasteiger partial charge in [0, 0.05) is 29.5 Å². The van der Waals surface area contributed by atoms with Crippen LogP contribution in [-0.4, -0.2) is 39.9 Å². The number of Topliss-reactive ketones (excluding diaryl/α,β-unsaturated/α-hetero) is 1. The number of aliphatic imine (C=N–C) groups is 1. The van der Waals surface area contributed by atoms with E-state index < -0.39 is 5.91 Å². The van der Waals surface area contributed by atoms with Crippen LogP contribution in [0.1, 0.15) is 21.5 Å². The Morgan fingerprint density at radius 3 is 2.44 bits per heavy atom. The van der Waals surface area contributed by atoms with E-state index in [0.717, 1.165) is 6.08 Å². The monoisotopic (exact) mass is 340 g/mol. The van der Waals surface area contributed by atoms with Gasteiger partial charge in [-0.15, -0.1) is 0 Å². The van der Waals surface area contributed by atoms with E-state index in [1.807, 2.05) is 0 Å². The van der Waals surface area contributed by atoms with E-state index in [2.05, 4.69) is 4.99 Å². The number of hydrogen-bond donors (Lipinski definition) is 4. The maximum Gasteiger partial charge on any atom is 0.267 e. The normalized spacial score (nSPS) is 11.1. The van der Waals surface area contributed by atoms with Gasteiger partial charge >= 0.3 is 0 Å². The predicted octanol–water partition coefficient (Wildman–Crippen LogP) is 1.92. The minimum atomic E-state index is -0.646. The molecule has 4 N–H and O–H groups in total. The van der Waals surface area contributed by atoms with Crippen LogP contribution < -0.4 is 5.48 Å². The fourth-order valence-electron chi connectivity index (χ4n) is 1.95. The smallest absolute Gasteiger partial charge is 0.267 e. The Bertz CT molecular complexity index is 826. The summed E-state index contributed by atoms with van der Waals surface area (Å²) in [6.45, 7) is -0.0948. The van der Waals surface area contributed by atoms with Crippen LogP contribution in [0.15, 0.2) is 53.5 Å². The summed E-state index contributed by atoms with van der Waals surface area (Å²) in [5.74, 6) is -1.04. The molecular formula is C18H16N2O5. The molecule has 0 heterocycles. The third-order valence-electron chi connectivity index (χ3n) is 3.25. The number of aromatic hydroxyl groups is 2. The van der Waals surface area contributed by atoms with Gasteiger partial charge in [0.25, 0.3) is 5.91 Å². The highest BCUT2D eigenvalue weighted by atomic mass is 16.5. The Kier molecular flexibility index (Phi) is 6.02. The molecule has 0 atom stereocenters. The fraction of sp³-hybridized carbons (Fsp3) is 0.0556. The standard InChI is InChI=1S/C18H16N2O5/c21-15-7-6-14(16(22)9-15)10-19-11-17(23)13-4-1-12(2-5-13)3-8-18(24)20-25/h1-10,21-22,25H,11H2,(H,20,24)/b8-3+,19-10?. The van der Waals surface area contributed by atoms with Gasteiger partial charge in [0.05, 0.1) is 0 Å². The molecule has 7 nitrogen and oxygen atoms in total. The molecule has 0 fully saturated rings. The molecule has 0 bridgehead atoms. The molecule has 2 aromatic carbocycles. The van der Waals surface area contributed by atoms with Crippen molar-refractivity contribution in [1.29, 1.82) is 0 Å². The Balaban J connectivity index is 1.97. The molecule has 0 aliphatic rings. The maximum atomic E-state index is 12.1. The molecule has 0 radical (unpaired) electrons. The molecule has 0 saturated heterocycles. The first-order valence-electron chi connectivity index (χ1n) is 7.27. The number of ketones is 1. The molecule has 0 saturated carbocycles. The van der Waals surface area contributed by atoms with Crippen LogP contribution >= 0.6 is 0 Å². The highest BCUT2D eigenvalue weighted by Crippen LogP contribution is 2.20. The van der Waals surface area contributed by atoms with E-state index in [1.165, 1.54) is 36.0 Å². The molecule has 7 heteroatoms. The summed E-state index contributed by atoms with van der Waals surface area (Å²) in [7, 11) is 0. The van der Waals surface area contributed by atoms with Gasteiger partial charge in [-0.05, 0) is 23.8 Å². The van der Waals surface area contributed by atoms with Crippen LogP contribution in [0.3, 0.4) is 0 Å². The van der Waals surface area contributed by atoms with Crippen molar-refractivity contribution < 1.29 is 25.0 Å². The second-order valence-electron chi connectivity index (χ2n) is 5.07. The summed E-state index contributed by atoms with van der Waals surface area (Å²) in [6, 6.07) is 10.6. The summed E-state index contributed by atoms with van der Waals surface area (Å²) in [5, 5.41) is 27.2.